The Morgan fingerprint density at radius 3 is 0.676 bits per heavy atom. The first-order valence-corrected chi connectivity index (χ1v) is 22.1. The molecule has 0 nitrogen and oxygen atoms in total. The summed E-state index contributed by atoms with van der Waals surface area (Å²) in [6.07, 6.45) is -15.2. The molecule has 0 aliphatic carbocycles. The Kier molecular flexibility index (Phi) is 13.0. The molecule has 6 heterocycles. The average molecular weight is 1130 g/mol. The van der Waals surface area contributed by atoms with Crippen LogP contribution in [0, 0.1) is 0 Å². The average Bonchev–Trinajstić information content (AvgIpc) is 4.06. The number of alkyl halides is 26. The molecule has 6 aromatic rings. The van der Waals surface area contributed by atoms with E-state index >= 15 is 17.6 Å². The summed E-state index contributed by atoms with van der Waals surface area (Å²) in [5, 5.41) is 1.16. The second-order valence-electron chi connectivity index (χ2n) is 13.7. The third-order valence-electron chi connectivity index (χ3n) is 9.47. The van der Waals surface area contributed by atoms with Crippen LogP contribution in [0.2, 0.25) is 0 Å². The molecule has 0 atom stereocenters. The van der Waals surface area contributed by atoms with Crippen molar-refractivity contribution in [2.24, 2.45) is 0 Å². The predicted octanol–water partition coefficient (Wildman–Crippen LogP) is 18.8. The van der Waals surface area contributed by atoms with Gasteiger partial charge in [0.25, 0.3) is 0 Å². The maximum absolute atomic E-state index is 15.2. The minimum Gasteiger partial charge on any atom is -0.194 e. The summed E-state index contributed by atoms with van der Waals surface area (Å²) in [5.74, 6) is -76.2. The van der Waals surface area contributed by atoms with Crippen molar-refractivity contribution in [2.75, 3.05) is 0 Å². The van der Waals surface area contributed by atoms with Crippen LogP contribution in [0.3, 0.4) is 0 Å². The Morgan fingerprint density at radius 1 is 0.235 bits per heavy atom. The van der Waals surface area contributed by atoms with E-state index in [1.165, 1.54) is 36.4 Å². The number of thiophene rings is 6. The third-order valence-corrected chi connectivity index (χ3v) is 16.6. The van der Waals surface area contributed by atoms with Gasteiger partial charge in [0.15, 0.2) is 0 Å². The third kappa shape index (κ3) is 7.73. The van der Waals surface area contributed by atoms with E-state index in [0.29, 0.717) is 43.2 Å². The van der Waals surface area contributed by atoms with Crippen molar-refractivity contribution < 1.29 is 114 Å². The summed E-state index contributed by atoms with van der Waals surface area (Å²) in [4.78, 5) is -1.26. The lowest BCUT2D eigenvalue weighted by atomic mass is 9.90. The summed E-state index contributed by atoms with van der Waals surface area (Å²) in [7, 11) is 0. The van der Waals surface area contributed by atoms with Gasteiger partial charge in [-0.05, 0) is 71.4 Å². The van der Waals surface area contributed by atoms with Crippen LogP contribution in [0.25, 0.3) is 48.8 Å². The van der Waals surface area contributed by atoms with Crippen LogP contribution < -0.4 is 0 Å². The van der Waals surface area contributed by atoms with Crippen LogP contribution in [0.15, 0.2) is 71.4 Å². The molecule has 0 fully saturated rings. The molecule has 0 radical (unpaired) electrons. The van der Waals surface area contributed by atoms with Gasteiger partial charge in [-0.1, -0.05) is 0 Å². The molecule has 0 spiro atoms. The molecule has 0 unspecified atom stereocenters. The van der Waals surface area contributed by atoms with E-state index in [1.807, 2.05) is 0 Å². The van der Waals surface area contributed by atoms with Gasteiger partial charge in [-0.25, -0.2) is 0 Å². The Hall–Kier alpha value is -3.62. The van der Waals surface area contributed by atoms with E-state index in [1.54, 1.807) is 0 Å². The van der Waals surface area contributed by atoms with Crippen LogP contribution in [-0.2, 0) is 11.8 Å². The summed E-state index contributed by atoms with van der Waals surface area (Å²) in [6.45, 7) is 0. The number of rotatable bonds is 15. The van der Waals surface area contributed by atoms with E-state index in [9.17, 15) is 96.6 Å². The first-order chi connectivity index (χ1) is 30.6. The standard InChI is InChI=1S/C36H12F26S6/c37-25(38,27(41,42)29(45,46)31(49,50)33(53,54)35(57,58)59)13-9-11-63-23(13)21-7-5-19(67-21)17-3-1-15(65-17)16-2-4-18(66-16)20-6-8-22(68-20)24-14(10-12-64-24)26(39,40)28(43,44)30(47,48)32(51,52)34(55,56)36(60,61)62/h1-12H. The van der Waals surface area contributed by atoms with Crippen LogP contribution in [-0.4, -0.2) is 59.7 Å². The maximum Gasteiger partial charge on any atom is 0.460 e. The monoisotopic (exact) mass is 1130 g/mol. The lowest BCUT2D eigenvalue weighted by Gasteiger charge is -2.39. The Labute approximate surface area is 383 Å². The van der Waals surface area contributed by atoms with Crippen molar-refractivity contribution in [3.8, 4) is 48.8 Å². The Balaban J connectivity index is 1.23. The van der Waals surface area contributed by atoms with Crippen LogP contribution in [0.1, 0.15) is 11.1 Å². The van der Waals surface area contributed by atoms with E-state index in [4.69, 9.17) is 0 Å². The van der Waals surface area contributed by atoms with Gasteiger partial charge < -0.3 is 0 Å². The van der Waals surface area contributed by atoms with E-state index in [2.05, 4.69) is 0 Å². The van der Waals surface area contributed by atoms with Crippen LogP contribution in [0.4, 0.5) is 114 Å². The number of hydrogen-bond acceptors (Lipinski definition) is 6. The topological polar surface area (TPSA) is 0 Å². The quantitative estimate of drug-likeness (QED) is 0.0899. The van der Waals surface area contributed by atoms with Crippen molar-refractivity contribution in [2.45, 2.75) is 71.6 Å². The lowest BCUT2D eigenvalue weighted by molar-refractivity contribution is -0.441. The van der Waals surface area contributed by atoms with Gasteiger partial charge in [0.1, 0.15) is 0 Å². The van der Waals surface area contributed by atoms with Gasteiger partial charge in [-0.3, -0.25) is 0 Å². The molecule has 0 aliphatic rings. The molecule has 0 bridgehead atoms. The predicted molar refractivity (Wildman–Crippen MR) is 200 cm³/mol. The summed E-state index contributed by atoms with van der Waals surface area (Å²) >= 11 is 3.19. The minimum absolute atomic E-state index is 0.0354. The lowest BCUT2D eigenvalue weighted by Crippen LogP contribution is -2.69. The molecule has 0 amide bonds. The van der Waals surface area contributed by atoms with E-state index in [-0.39, 0.29) is 54.3 Å². The first-order valence-electron chi connectivity index (χ1n) is 17.1. The maximum atomic E-state index is 15.2. The van der Waals surface area contributed by atoms with Crippen LogP contribution in [0.5, 0.6) is 0 Å². The summed E-state index contributed by atoms with van der Waals surface area (Å²) < 4.78 is 360. The fourth-order valence-corrected chi connectivity index (χ4v) is 12.2. The molecule has 0 aromatic carbocycles. The summed E-state index contributed by atoms with van der Waals surface area (Å²) in [5.41, 5.74) is -4.27. The Bertz CT molecular complexity index is 2580. The Morgan fingerprint density at radius 2 is 0.441 bits per heavy atom. The normalized spacial score (nSPS) is 14.9. The van der Waals surface area contributed by atoms with Gasteiger partial charge >= 0.3 is 71.6 Å². The van der Waals surface area contributed by atoms with Crippen molar-refractivity contribution in [3.63, 3.8) is 0 Å². The number of hydrogen-bond donors (Lipinski definition) is 0. The second kappa shape index (κ2) is 16.5. The summed E-state index contributed by atoms with van der Waals surface area (Å²) in [6, 6.07) is 10.1. The highest BCUT2D eigenvalue weighted by Crippen LogP contribution is 2.65. The second-order valence-corrected chi connectivity index (χ2v) is 19.9. The molecule has 0 saturated heterocycles. The molecular weight excluding hydrogens is 1120 g/mol. The molecule has 0 aliphatic heterocycles. The zero-order valence-electron chi connectivity index (χ0n) is 31.2. The molecule has 6 rings (SSSR count). The molecular formula is C36H12F26S6. The van der Waals surface area contributed by atoms with Gasteiger partial charge in [-0.15, -0.1) is 68.0 Å². The SMILES string of the molecule is FC(F)(F)C(F)(F)C(F)(F)C(F)(F)C(F)(F)C(F)(F)c1ccsc1-c1ccc(-c2ccc(-c3ccc(-c4ccc(-c5sccc5C(F)(F)C(F)(F)C(F)(F)C(F)(F)C(F)(F)C(F)(F)F)s4)s3)s2)s1. The van der Waals surface area contributed by atoms with Crippen molar-refractivity contribution >= 4 is 68.0 Å². The van der Waals surface area contributed by atoms with Crippen LogP contribution >= 0.6 is 68.0 Å². The first kappa shape index (κ1) is 53.7. The van der Waals surface area contributed by atoms with Crippen molar-refractivity contribution in [1.82, 2.24) is 0 Å². The molecule has 32 heteroatoms. The van der Waals surface area contributed by atoms with Crippen molar-refractivity contribution in [1.29, 1.82) is 0 Å². The molecule has 6 aromatic heterocycles. The highest BCUT2D eigenvalue weighted by molar-refractivity contribution is 7.30. The van der Waals surface area contributed by atoms with Gasteiger partial charge in [0.2, 0.25) is 0 Å². The number of halogens is 26. The van der Waals surface area contributed by atoms with E-state index in [0.717, 1.165) is 34.8 Å². The molecule has 374 valence electrons. The van der Waals surface area contributed by atoms with Gasteiger partial charge in [0.05, 0.1) is 9.75 Å². The largest absolute Gasteiger partial charge is 0.460 e. The molecule has 68 heavy (non-hydrogen) atoms. The fourth-order valence-electron chi connectivity index (χ4n) is 5.76. The zero-order valence-corrected chi connectivity index (χ0v) is 36.1. The van der Waals surface area contributed by atoms with E-state index < -0.39 is 102 Å². The minimum atomic E-state index is -8.10. The highest BCUT2D eigenvalue weighted by Gasteiger charge is 2.92. The highest BCUT2D eigenvalue weighted by atomic mass is 32.1. The molecule has 0 saturated carbocycles. The van der Waals surface area contributed by atoms with Crippen molar-refractivity contribution in [3.05, 3.63) is 82.6 Å². The molecule has 0 N–H and O–H groups in total. The van der Waals surface area contributed by atoms with Gasteiger partial charge in [-0.2, -0.15) is 114 Å². The van der Waals surface area contributed by atoms with Gasteiger partial charge in [0, 0.05) is 50.1 Å². The fraction of sp³-hybridized carbons (Fsp3) is 0.333. The zero-order chi connectivity index (χ0) is 51.7. The smallest absolute Gasteiger partial charge is 0.194 e.